The molecule has 2 aromatic heterocycles. The van der Waals surface area contributed by atoms with Crippen molar-refractivity contribution in [1.29, 1.82) is 0 Å². The molecule has 50 heavy (non-hydrogen) atoms. The zero-order valence-electron chi connectivity index (χ0n) is 26.8. The minimum Gasteiger partial charge on any atom is -0.369 e. The Morgan fingerprint density at radius 1 is 0.660 bits per heavy atom. The van der Waals surface area contributed by atoms with Gasteiger partial charge in [-0.3, -0.25) is 4.79 Å². The van der Waals surface area contributed by atoms with Crippen LogP contribution in [0, 0.1) is 0 Å². The first-order chi connectivity index (χ1) is 23.9. The molecule has 4 aromatic carbocycles. The maximum Gasteiger partial charge on any atom is 0.259 e. The average Bonchev–Trinajstić information content (AvgIpc) is 3.07. The first-order valence-electron chi connectivity index (χ1n) is 15.3. The normalized spacial score (nSPS) is 11.5. The van der Waals surface area contributed by atoms with E-state index in [9.17, 15) is 4.79 Å². The van der Waals surface area contributed by atoms with Gasteiger partial charge in [0.1, 0.15) is 11.6 Å². The largest absolute Gasteiger partial charge is 0.369 e. The summed E-state index contributed by atoms with van der Waals surface area (Å²) in [5.41, 5.74) is 2.90. The molecule has 2 N–H and O–H groups in total. The lowest BCUT2D eigenvalue weighted by atomic mass is 10.2. The number of benzene rings is 4. The van der Waals surface area contributed by atoms with Crippen LogP contribution in [0.15, 0.2) is 77.6 Å². The zero-order chi connectivity index (χ0) is 35.8. The Morgan fingerprint density at radius 3 is 1.84 bits per heavy atom. The van der Waals surface area contributed by atoms with Gasteiger partial charge in [-0.25, -0.2) is 15.0 Å². The van der Waals surface area contributed by atoms with Crippen LogP contribution in [0.4, 0.5) is 5.82 Å². The van der Waals surface area contributed by atoms with E-state index in [0.717, 1.165) is 47.4 Å². The molecule has 0 saturated carbocycles. The van der Waals surface area contributed by atoms with E-state index >= 15 is 0 Å². The highest BCUT2D eigenvalue weighted by molar-refractivity contribution is 6.42. The first kappa shape index (κ1) is 37.6. The minimum atomic E-state index is -0.213. The van der Waals surface area contributed by atoms with Crippen LogP contribution in [0.2, 0.25) is 30.1 Å². The van der Waals surface area contributed by atoms with Gasteiger partial charge < -0.3 is 15.2 Å². The monoisotopic (exact) mass is 784 g/mol. The van der Waals surface area contributed by atoms with E-state index in [1.807, 2.05) is 42.5 Å². The Balaban J connectivity index is 0.000000200. The molecule has 0 saturated heterocycles. The molecule has 0 aliphatic heterocycles. The lowest BCUT2D eigenvalue weighted by molar-refractivity contribution is 0.405. The van der Waals surface area contributed by atoms with Crippen LogP contribution in [0.5, 0.6) is 0 Å². The van der Waals surface area contributed by atoms with Crippen LogP contribution in [0.1, 0.15) is 29.2 Å². The fourth-order valence-corrected chi connectivity index (χ4v) is 5.67. The van der Waals surface area contributed by atoms with Gasteiger partial charge in [-0.15, -0.1) is 0 Å². The summed E-state index contributed by atoms with van der Waals surface area (Å²) in [6, 6.07) is 21.3. The van der Waals surface area contributed by atoms with Gasteiger partial charge in [0.2, 0.25) is 0 Å². The first-order valence-corrected chi connectivity index (χ1v) is 17.5. The Hall–Kier alpha value is -3.66. The number of aromatic nitrogens is 4. The molecule has 0 unspecified atom stereocenters. The molecule has 0 radical (unpaired) electrons. The van der Waals surface area contributed by atoms with E-state index in [-0.39, 0.29) is 5.56 Å². The molecule has 0 atom stereocenters. The molecule has 256 valence electrons. The molecule has 2 heterocycles. The third-order valence-electron chi connectivity index (χ3n) is 7.18. The molecule has 7 nitrogen and oxygen atoms in total. The summed E-state index contributed by atoms with van der Waals surface area (Å²) in [5, 5.41) is 8.04. The second kappa shape index (κ2) is 17.5. The maximum atomic E-state index is 12.0. The number of hydrogen-bond acceptors (Lipinski definition) is 6. The summed E-state index contributed by atoms with van der Waals surface area (Å²) in [5.74, 6) is 1.83. The second-order valence-electron chi connectivity index (χ2n) is 11.3. The fraction of sp³-hybridized carbons (Fsp3) is 0.135. The van der Waals surface area contributed by atoms with Crippen molar-refractivity contribution in [1.82, 2.24) is 24.8 Å². The summed E-state index contributed by atoms with van der Waals surface area (Å²) in [6.45, 7) is 1.83. The van der Waals surface area contributed by atoms with Crippen LogP contribution in [0.3, 0.4) is 0 Å². The van der Waals surface area contributed by atoms with Crippen molar-refractivity contribution in [2.75, 3.05) is 32.5 Å². The Labute approximate surface area is 319 Å². The summed E-state index contributed by atoms with van der Waals surface area (Å²) >= 11 is 36.0. The standard InChI is InChI=1S/C21H21Cl3N4.C16H9Cl3N2O/c1-28(2)11-3-10-25-21-16-7-6-15(22)13-19(16)26-20(27-21)9-5-14-4-8-17(23)18(24)12-14;17-10-3-4-11-14(8-10)20-15(21-16(11)22)6-2-9-1-5-12(18)13(19)7-9/h4-9,12-13H,3,10-11H2,1-2H3,(H,25,26,27);1-8H,(H,20,21,22)/b9-5+;6-2+. The van der Waals surface area contributed by atoms with Crippen molar-refractivity contribution in [3.63, 3.8) is 0 Å². The van der Waals surface area contributed by atoms with E-state index in [2.05, 4.69) is 44.2 Å². The van der Waals surface area contributed by atoms with Crippen LogP contribution >= 0.6 is 69.6 Å². The molecule has 6 aromatic rings. The smallest absolute Gasteiger partial charge is 0.259 e. The van der Waals surface area contributed by atoms with Crippen molar-refractivity contribution in [2.45, 2.75) is 6.42 Å². The highest BCUT2D eigenvalue weighted by Crippen LogP contribution is 2.27. The van der Waals surface area contributed by atoms with Gasteiger partial charge in [-0.05, 0) is 111 Å². The third-order valence-corrected chi connectivity index (χ3v) is 9.13. The van der Waals surface area contributed by atoms with E-state index in [1.54, 1.807) is 54.6 Å². The van der Waals surface area contributed by atoms with Crippen LogP contribution in [-0.2, 0) is 0 Å². The third kappa shape index (κ3) is 10.4. The maximum absolute atomic E-state index is 12.0. The van der Waals surface area contributed by atoms with E-state index < -0.39 is 0 Å². The molecule has 0 bridgehead atoms. The molecular weight excluding hydrogens is 757 g/mol. The van der Waals surface area contributed by atoms with Crippen molar-refractivity contribution < 1.29 is 0 Å². The van der Waals surface area contributed by atoms with Gasteiger partial charge in [-0.2, -0.15) is 0 Å². The summed E-state index contributed by atoms with van der Waals surface area (Å²) in [4.78, 5) is 30.5. The van der Waals surface area contributed by atoms with Crippen molar-refractivity contribution in [2.24, 2.45) is 0 Å². The van der Waals surface area contributed by atoms with E-state index in [1.165, 1.54) is 0 Å². The average molecular weight is 787 g/mol. The number of nitrogens with one attached hydrogen (secondary N) is 2. The number of nitrogens with zero attached hydrogens (tertiary/aromatic N) is 4. The number of fused-ring (bicyclic) bond motifs is 2. The second-order valence-corrected chi connectivity index (χ2v) is 13.8. The highest BCUT2D eigenvalue weighted by Gasteiger charge is 2.08. The van der Waals surface area contributed by atoms with Crippen LogP contribution < -0.4 is 10.9 Å². The Kier molecular flexibility index (Phi) is 13.2. The Bertz CT molecular complexity index is 2270. The summed E-state index contributed by atoms with van der Waals surface area (Å²) in [7, 11) is 4.13. The van der Waals surface area contributed by atoms with Crippen LogP contribution in [0.25, 0.3) is 46.1 Å². The molecule has 6 rings (SSSR count). The molecule has 0 fully saturated rings. The SMILES string of the molecule is CN(C)CCCNc1nc(/C=C/c2ccc(Cl)c(Cl)c2)nc2cc(Cl)ccc12.O=c1[nH]c(/C=C/c2ccc(Cl)c(Cl)c2)nc2cc(Cl)ccc12. The van der Waals surface area contributed by atoms with Gasteiger partial charge in [0.15, 0.2) is 5.82 Å². The fourth-order valence-electron chi connectivity index (χ4n) is 4.72. The zero-order valence-corrected chi connectivity index (χ0v) is 31.4. The molecule has 0 spiro atoms. The quantitative estimate of drug-likeness (QED) is 0.142. The Morgan fingerprint density at radius 2 is 1.24 bits per heavy atom. The molecule has 0 amide bonds. The lowest BCUT2D eigenvalue weighted by Crippen LogP contribution is -2.17. The van der Waals surface area contributed by atoms with Gasteiger partial charge in [0.05, 0.1) is 36.5 Å². The predicted molar refractivity (Wildman–Crippen MR) is 214 cm³/mol. The summed E-state index contributed by atoms with van der Waals surface area (Å²) in [6.07, 6.45) is 8.26. The topological polar surface area (TPSA) is 86.8 Å². The van der Waals surface area contributed by atoms with Gasteiger partial charge in [-0.1, -0.05) is 93.9 Å². The molecule has 0 aliphatic carbocycles. The van der Waals surface area contributed by atoms with Gasteiger partial charge in [0.25, 0.3) is 5.56 Å². The summed E-state index contributed by atoms with van der Waals surface area (Å²) < 4.78 is 0. The molecule has 0 aliphatic rings. The van der Waals surface area contributed by atoms with Gasteiger partial charge in [0, 0.05) is 22.0 Å². The number of halogens is 6. The lowest BCUT2D eigenvalue weighted by Gasteiger charge is -2.12. The molecular formula is C37H30Cl6N6O. The highest BCUT2D eigenvalue weighted by atomic mass is 35.5. The number of H-pyrrole nitrogens is 1. The van der Waals surface area contributed by atoms with Crippen molar-refractivity contribution >= 4 is 122 Å². The van der Waals surface area contributed by atoms with Crippen LogP contribution in [-0.4, -0.2) is 52.0 Å². The van der Waals surface area contributed by atoms with Crippen molar-refractivity contribution in [3.05, 3.63) is 136 Å². The van der Waals surface area contributed by atoms with E-state index in [0.29, 0.717) is 52.7 Å². The minimum absolute atomic E-state index is 0.213. The number of anilines is 1. The number of hydrogen-bond donors (Lipinski definition) is 2. The number of rotatable bonds is 9. The predicted octanol–water partition coefficient (Wildman–Crippen LogP) is 11.2. The number of aromatic amines is 1. The molecule has 13 heteroatoms. The van der Waals surface area contributed by atoms with E-state index in [4.69, 9.17) is 69.6 Å². The van der Waals surface area contributed by atoms with Gasteiger partial charge >= 0.3 is 0 Å². The van der Waals surface area contributed by atoms with Crippen molar-refractivity contribution in [3.8, 4) is 0 Å².